The Morgan fingerprint density at radius 3 is 1.66 bits per heavy atom. The number of carbonyl (C=O) groups excluding carboxylic acids is 2. The minimum Gasteiger partial charge on any atom is -0.466 e. The van der Waals surface area contributed by atoms with Crippen LogP contribution < -0.4 is 5.32 Å². The van der Waals surface area contributed by atoms with E-state index < -0.39 is 49.5 Å². The molecule has 0 spiro atoms. The fourth-order valence-corrected chi connectivity index (χ4v) is 7.49. The lowest BCUT2D eigenvalue weighted by molar-refractivity contribution is -0.302. The maximum atomic E-state index is 12.9. The minimum atomic E-state index is -1.60. The van der Waals surface area contributed by atoms with Crippen LogP contribution in [0.2, 0.25) is 0 Å². The standard InChI is InChI=1S/C56H95NO10/c1-3-5-7-9-11-13-15-16-17-18-21-24-28-32-36-40-44-52(61)65-45-41-37-33-29-25-22-19-20-23-27-31-35-39-43-51(60)57-48(47-66-56-55(64)54(63)53(62)50(46-58)67-56)49(59)42-38-34-30-26-14-12-10-8-6-4-2/h6,8,13-15,17-18,20,23,26,31,35,38,42,48-50,53-56,58-59,62-64H,3-5,7,9-12,16,19,21-22,24-25,27-30,32-34,36-37,39-41,43-47H2,1-2H3,(H,57,60)/b8-6+,15-13-,18-17-,23-20-,26-14+,35-31-,42-38+. The molecular weight excluding hydrogens is 847 g/mol. The van der Waals surface area contributed by atoms with Crippen LogP contribution in [0.3, 0.4) is 0 Å². The minimum absolute atomic E-state index is 0.0565. The van der Waals surface area contributed by atoms with Gasteiger partial charge in [-0.25, -0.2) is 0 Å². The summed E-state index contributed by atoms with van der Waals surface area (Å²) in [6.45, 7) is 4.05. The molecule has 1 aliphatic rings. The molecule has 1 saturated heterocycles. The maximum absolute atomic E-state index is 12.9. The summed E-state index contributed by atoms with van der Waals surface area (Å²) >= 11 is 0. The highest BCUT2D eigenvalue weighted by Crippen LogP contribution is 2.22. The van der Waals surface area contributed by atoms with Crippen LogP contribution >= 0.6 is 0 Å². The normalized spacial score (nSPS) is 20.3. The van der Waals surface area contributed by atoms with E-state index in [0.29, 0.717) is 25.9 Å². The zero-order chi connectivity index (χ0) is 48.8. The fraction of sp³-hybridized carbons (Fsp3) is 0.714. The number of aliphatic hydroxyl groups excluding tert-OH is 5. The largest absolute Gasteiger partial charge is 0.466 e. The molecule has 0 aliphatic carbocycles. The van der Waals surface area contributed by atoms with Gasteiger partial charge in [-0.05, 0) is 103 Å². The van der Waals surface area contributed by atoms with E-state index in [1.165, 1.54) is 64.2 Å². The Labute approximate surface area is 406 Å². The Morgan fingerprint density at radius 2 is 1.07 bits per heavy atom. The van der Waals surface area contributed by atoms with Gasteiger partial charge in [0.1, 0.15) is 24.4 Å². The molecule has 7 atom stereocenters. The second kappa shape index (κ2) is 45.3. The first kappa shape index (κ1) is 61.9. The lowest BCUT2D eigenvalue weighted by Gasteiger charge is -2.40. The van der Waals surface area contributed by atoms with Crippen LogP contribution in [-0.4, -0.2) is 100 Å². The van der Waals surface area contributed by atoms with Crippen molar-refractivity contribution < 1.29 is 49.3 Å². The molecule has 1 amide bonds. The average Bonchev–Trinajstić information content (AvgIpc) is 3.32. The number of hydrogen-bond acceptors (Lipinski definition) is 10. The van der Waals surface area contributed by atoms with Gasteiger partial charge in [0.15, 0.2) is 6.29 Å². The van der Waals surface area contributed by atoms with E-state index >= 15 is 0 Å². The van der Waals surface area contributed by atoms with Crippen molar-refractivity contribution in [3.05, 3.63) is 85.1 Å². The van der Waals surface area contributed by atoms with Crippen molar-refractivity contribution in [2.24, 2.45) is 0 Å². The molecule has 0 saturated carbocycles. The molecule has 1 fully saturated rings. The van der Waals surface area contributed by atoms with Crippen LogP contribution in [-0.2, 0) is 23.8 Å². The molecule has 67 heavy (non-hydrogen) atoms. The third-order valence-corrected chi connectivity index (χ3v) is 11.7. The number of rotatable bonds is 43. The van der Waals surface area contributed by atoms with Crippen molar-refractivity contribution in [2.75, 3.05) is 19.8 Å². The summed E-state index contributed by atoms with van der Waals surface area (Å²) in [6.07, 6.45) is 49.8. The summed E-state index contributed by atoms with van der Waals surface area (Å²) in [5.74, 6) is -0.340. The molecule has 0 aromatic carbocycles. The number of unbranched alkanes of at least 4 members (excludes halogenated alkanes) is 17. The van der Waals surface area contributed by atoms with Crippen LogP contribution in [0.5, 0.6) is 0 Å². The van der Waals surface area contributed by atoms with Gasteiger partial charge < -0.3 is 45.1 Å². The third kappa shape index (κ3) is 35.6. The van der Waals surface area contributed by atoms with Crippen molar-refractivity contribution in [2.45, 2.75) is 236 Å². The van der Waals surface area contributed by atoms with Crippen molar-refractivity contribution >= 4 is 11.9 Å². The van der Waals surface area contributed by atoms with Crippen LogP contribution in [0.4, 0.5) is 0 Å². The number of carbonyl (C=O) groups is 2. The molecule has 0 aromatic rings. The summed E-state index contributed by atoms with van der Waals surface area (Å²) in [6, 6.07) is -0.880. The van der Waals surface area contributed by atoms with Gasteiger partial charge in [0, 0.05) is 12.8 Å². The number of ether oxygens (including phenoxy) is 3. The fourth-order valence-electron chi connectivity index (χ4n) is 7.49. The monoisotopic (exact) mass is 942 g/mol. The molecule has 0 aromatic heterocycles. The Kier molecular flexibility index (Phi) is 41.8. The zero-order valence-corrected chi connectivity index (χ0v) is 41.8. The summed E-state index contributed by atoms with van der Waals surface area (Å²) < 4.78 is 16.6. The van der Waals surface area contributed by atoms with Crippen molar-refractivity contribution in [1.29, 1.82) is 0 Å². The molecule has 0 bridgehead atoms. The van der Waals surface area contributed by atoms with Crippen LogP contribution in [0.15, 0.2) is 85.1 Å². The van der Waals surface area contributed by atoms with Gasteiger partial charge in [-0.15, -0.1) is 0 Å². The lowest BCUT2D eigenvalue weighted by atomic mass is 9.99. The van der Waals surface area contributed by atoms with Gasteiger partial charge in [-0.1, -0.05) is 163 Å². The number of amides is 1. The quantitative estimate of drug-likeness (QED) is 0.0196. The molecule has 1 aliphatic heterocycles. The van der Waals surface area contributed by atoms with Crippen LogP contribution in [0, 0.1) is 0 Å². The van der Waals surface area contributed by atoms with Gasteiger partial charge >= 0.3 is 5.97 Å². The van der Waals surface area contributed by atoms with Crippen LogP contribution in [0.1, 0.15) is 194 Å². The molecule has 384 valence electrons. The highest BCUT2D eigenvalue weighted by atomic mass is 16.7. The molecular formula is C56H95NO10. The second-order valence-electron chi connectivity index (χ2n) is 17.8. The number of aliphatic hydroxyl groups is 5. The summed E-state index contributed by atoms with van der Waals surface area (Å²) in [5, 5.41) is 54.0. The lowest BCUT2D eigenvalue weighted by Crippen LogP contribution is -2.60. The summed E-state index contributed by atoms with van der Waals surface area (Å²) in [5.41, 5.74) is 0. The Bertz CT molecular complexity index is 1390. The van der Waals surface area contributed by atoms with E-state index in [2.05, 4.69) is 79.9 Å². The first-order valence-electron chi connectivity index (χ1n) is 26.4. The first-order valence-corrected chi connectivity index (χ1v) is 26.4. The highest BCUT2D eigenvalue weighted by Gasteiger charge is 2.44. The van der Waals surface area contributed by atoms with E-state index in [0.717, 1.165) is 89.9 Å². The maximum Gasteiger partial charge on any atom is 0.305 e. The first-order chi connectivity index (χ1) is 32.7. The number of allylic oxidation sites excluding steroid dienone is 13. The SMILES string of the molecule is CC/C=C/CC/C=C/CC/C=C/C(O)C(COC1OC(CO)C(O)C(O)C1O)NC(=O)CC/C=C\C/C=C\CCCCCCCCOC(=O)CCCCCCC/C=C\C/C=C\CCCCCC. The van der Waals surface area contributed by atoms with E-state index in [-0.39, 0.29) is 24.9 Å². The molecule has 11 nitrogen and oxygen atoms in total. The number of hydrogen-bond donors (Lipinski definition) is 6. The Hall–Kier alpha value is -3.16. The van der Waals surface area contributed by atoms with Crippen molar-refractivity contribution in [1.82, 2.24) is 5.32 Å². The smallest absolute Gasteiger partial charge is 0.305 e. The Morgan fingerprint density at radius 1 is 0.567 bits per heavy atom. The molecule has 1 heterocycles. The zero-order valence-electron chi connectivity index (χ0n) is 41.8. The molecule has 11 heteroatoms. The van der Waals surface area contributed by atoms with E-state index in [1.54, 1.807) is 6.08 Å². The molecule has 7 unspecified atom stereocenters. The predicted molar refractivity (Wildman–Crippen MR) is 273 cm³/mol. The second-order valence-corrected chi connectivity index (χ2v) is 17.8. The van der Waals surface area contributed by atoms with Gasteiger partial charge in [0.25, 0.3) is 0 Å². The van der Waals surface area contributed by atoms with Gasteiger partial charge in [0.2, 0.25) is 5.91 Å². The molecule has 0 radical (unpaired) electrons. The van der Waals surface area contributed by atoms with Crippen molar-refractivity contribution in [3.63, 3.8) is 0 Å². The van der Waals surface area contributed by atoms with Gasteiger partial charge in [-0.3, -0.25) is 9.59 Å². The van der Waals surface area contributed by atoms with E-state index in [9.17, 15) is 35.1 Å². The summed E-state index contributed by atoms with van der Waals surface area (Å²) in [7, 11) is 0. The molecule has 6 N–H and O–H groups in total. The molecule has 1 rings (SSSR count). The average molecular weight is 942 g/mol. The van der Waals surface area contributed by atoms with Gasteiger partial charge in [0.05, 0.1) is 32.0 Å². The third-order valence-electron chi connectivity index (χ3n) is 11.7. The van der Waals surface area contributed by atoms with Gasteiger partial charge in [-0.2, -0.15) is 0 Å². The number of nitrogens with one attached hydrogen (secondary N) is 1. The van der Waals surface area contributed by atoms with E-state index in [1.807, 2.05) is 18.2 Å². The van der Waals surface area contributed by atoms with Crippen LogP contribution in [0.25, 0.3) is 0 Å². The summed E-state index contributed by atoms with van der Waals surface area (Å²) in [4.78, 5) is 25.0. The highest BCUT2D eigenvalue weighted by molar-refractivity contribution is 5.76. The van der Waals surface area contributed by atoms with Crippen molar-refractivity contribution in [3.8, 4) is 0 Å². The topological polar surface area (TPSA) is 175 Å². The predicted octanol–water partition coefficient (Wildman–Crippen LogP) is 11.0. The number of esters is 1. The Balaban J connectivity index is 2.19. The van der Waals surface area contributed by atoms with E-state index in [4.69, 9.17) is 14.2 Å².